The molecule has 0 N–H and O–H groups in total. The van der Waals surface area contributed by atoms with Crippen molar-refractivity contribution >= 4 is 10.8 Å². The summed E-state index contributed by atoms with van der Waals surface area (Å²) in [5.74, 6) is -1.14. The van der Waals surface area contributed by atoms with Gasteiger partial charge in [0.1, 0.15) is 11.6 Å². The van der Waals surface area contributed by atoms with E-state index >= 15 is 4.39 Å². The number of unbranched alkanes of at least 4 members (excludes halogenated alkanes) is 4. The lowest BCUT2D eigenvalue weighted by atomic mass is 9.98. The number of rotatable bonds is 10. The molecule has 0 aliphatic heterocycles. The predicted octanol–water partition coefficient (Wildman–Crippen LogP) is 8.89. The van der Waals surface area contributed by atoms with Crippen molar-refractivity contribution in [2.75, 3.05) is 0 Å². The lowest BCUT2D eigenvalue weighted by molar-refractivity contribution is -0.140. The van der Waals surface area contributed by atoms with Crippen LogP contribution >= 0.6 is 0 Å². The molecule has 37 heavy (non-hydrogen) atoms. The molecular weight excluding hydrogens is 483 g/mol. The summed E-state index contributed by atoms with van der Waals surface area (Å²) in [5.41, 5.74) is 1.38. The van der Waals surface area contributed by atoms with E-state index in [1.165, 1.54) is 31.7 Å². The lowest BCUT2D eigenvalue weighted by Crippen LogP contribution is -2.08. The Balaban J connectivity index is 1.43. The van der Waals surface area contributed by atoms with E-state index in [9.17, 15) is 17.6 Å². The van der Waals surface area contributed by atoms with Gasteiger partial charge in [-0.05, 0) is 66.0 Å². The molecule has 0 spiro atoms. The molecule has 4 rings (SSSR count). The van der Waals surface area contributed by atoms with E-state index in [0.29, 0.717) is 27.7 Å². The van der Waals surface area contributed by atoms with Gasteiger partial charge in [0, 0.05) is 23.3 Å². The van der Waals surface area contributed by atoms with Gasteiger partial charge in [0.05, 0.1) is 5.56 Å². The molecule has 0 unspecified atom stereocenters. The van der Waals surface area contributed by atoms with Gasteiger partial charge in [-0.2, -0.15) is 13.2 Å². The number of alkyl halides is 3. The smallest absolute Gasteiger partial charge is 0.236 e. The maximum absolute atomic E-state index is 15.2. The molecule has 0 aliphatic carbocycles. The molecule has 0 aliphatic rings. The number of aromatic nitrogens is 2. The number of nitrogens with zero attached hydrogens (tertiary/aromatic N) is 2. The zero-order valence-electron chi connectivity index (χ0n) is 20.7. The van der Waals surface area contributed by atoms with Crippen molar-refractivity contribution in [3.05, 3.63) is 94.8 Å². The van der Waals surface area contributed by atoms with Crippen LogP contribution in [0.4, 0.5) is 22.0 Å². The molecule has 1 heterocycles. The minimum atomic E-state index is -4.74. The Kier molecular flexibility index (Phi) is 8.52. The van der Waals surface area contributed by atoms with Crippen molar-refractivity contribution in [3.8, 4) is 11.4 Å². The largest absolute Gasteiger partial charge is 0.419 e. The Morgan fingerprint density at radius 3 is 2.19 bits per heavy atom. The molecule has 2 nitrogen and oxygen atoms in total. The second-order valence-corrected chi connectivity index (χ2v) is 9.37. The Morgan fingerprint density at radius 1 is 0.730 bits per heavy atom. The minimum absolute atomic E-state index is 0.217. The van der Waals surface area contributed by atoms with E-state index in [0.717, 1.165) is 36.1 Å². The van der Waals surface area contributed by atoms with Gasteiger partial charge >= 0.3 is 6.18 Å². The van der Waals surface area contributed by atoms with Crippen LogP contribution in [0.25, 0.3) is 22.2 Å². The van der Waals surface area contributed by atoms with Gasteiger partial charge < -0.3 is 0 Å². The average molecular weight is 513 g/mol. The van der Waals surface area contributed by atoms with Crippen LogP contribution in [0.2, 0.25) is 0 Å². The number of hydrogen-bond donors (Lipinski definition) is 0. The Morgan fingerprint density at radius 2 is 1.49 bits per heavy atom. The van der Waals surface area contributed by atoms with Crippen molar-refractivity contribution in [2.45, 2.75) is 64.5 Å². The summed E-state index contributed by atoms with van der Waals surface area (Å²) in [4.78, 5) is 8.99. The molecule has 194 valence electrons. The normalized spacial score (nSPS) is 11.8. The molecule has 0 radical (unpaired) electrons. The average Bonchev–Trinajstić information content (AvgIpc) is 2.87. The van der Waals surface area contributed by atoms with Gasteiger partial charge in [-0.1, -0.05) is 62.9 Å². The fourth-order valence-corrected chi connectivity index (χ4v) is 4.46. The number of fused-ring (bicyclic) bond motifs is 1. The SMILES string of the molecule is CCCCCCCc1cnc(-c2ccc3c(F)c(CCc4ccc(C(F)(F)F)c(F)c4)ccc3c2)nc1. The van der Waals surface area contributed by atoms with Crippen molar-refractivity contribution in [1.82, 2.24) is 9.97 Å². The van der Waals surface area contributed by atoms with Crippen LogP contribution in [-0.2, 0) is 25.4 Å². The maximum atomic E-state index is 15.2. The number of aryl methyl sites for hydroxylation is 3. The van der Waals surface area contributed by atoms with Crippen LogP contribution in [0.5, 0.6) is 0 Å². The number of halogens is 5. The molecule has 0 amide bonds. The van der Waals surface area contributed by atoms with Crippen LogP contribution in [0, 0.1) is 11.6 Å². The highest BCUT2D eigenvalue weighted by molar-refractivity contribution is 5.87. The molecule has 0 bridgehead atoms. The summed E-state index contributed by atoms with van der Waals surface area (Å²) in [5, 5.41) is 1.13. The zero-order chi connectivity index (χ0) is 26.4. The number of hydrogen-bond acceptors (Lipinski definition) is 2. The maximum Gasteiger partial charge on any atom is 0.419 e. The second-order valence-electron chi connectivity index (χ2n) is 9.37. The van der Waals surface area contributed by atoms with Gasteiger partial charge in [0.15, 0.2) is 5.82 Å². The Bertz CT molecular complexity index is 1350. The fraction of sp³-hybridized carbons (Fsp3) is 0.333. The molecule has 0 atom stereocenters. The lowest BCUT2D eigenvalue weighted by Gasteiger charge is -2.11. The third-order valence-corrected chi connectivity index (χ3v) is 6.59. The van der Waals surface area contributed by atoms with Gasteiger partial charge in [0.25, 0.3) is 0 Å². The first-order valence-corrected chi connectivity index (χ1v) is 12.6. The molecule has 0 saturated carbocycles. The molecule has 0 saturated heterocycles. The summed E-state index contributed by atoms with van der Waals surface area (Å²) in [6.45, 7) is 2.20. The van der Waals surface area contributed by atoms with Crippen molar-refractivity contribution < 1.29 is 22.0 Å². The highest BCUT2D eigenvalue weighted by atomic mass is 19.4. The highest BCUT2D eigenvalue weighted by Gasteiger charge is 2.33. The Labute approximate surface area is 213 Å². The van der Waals surface area contributed by atoms with Crippen LogP contribution in [0.1, 0.15) is 61.3 Å². The second kappa shape index (κ2) is 11.8. The summed E-state index contributed by atoms with van der Waals surface area (Å²) < 4.78 is 67.4. The van der Waals surface area contributed by atoms with Crippen molar-refractivity contribution in [3.63, 3.8) is 0 Å². The van der Waals surface area contributed by atoms with Crippen LogP contribution in [0.15, 0.2) is 60.9 Å². The van der Waals surface area contributed by atoms with E-state index in [4.69, 9.17) is 0 Å². The third kappa shape index (κ3) is 6.70. The Hall–Kier alpha value is -3.35. The summed E-state index contributed by atoms with van der Waals surface area (Å²) in [6, 6.07) is 11.6. The number of benzene rings is 3. The van der Waals surface area contributed by atoms with Gasteiger partial charge in [0.2, 0.25) is 0 Å². The van der Waals surface area contributed by atoms with E-state index in [1.54, 1.807) is 24.3 Å². The van der Waals surface area contributed by atoms with Crippen LogP contribution in [-0.4, -0.2) is 9.97 Å². The van der Waals surface area contributed by atoms with Gasteiger partial charge in [-0.15, -0.1) is 0 Å². The monoisotopic (exact) mass is 512 g/mol. The first-order chi connectivity index (χ1) is 17.8. The third-order valence-electron chi connectivity index (χ3n) is 6.59. The molecular formula is C30H29F5N2. The van der Waals surface area contributed by atoms with Crippen molar-refractivity contribution in [2.24, 2.45) is 0 Å². The van der Waals surface area contributed by atoms with Crippen LogP contribution < -0.4 is 0 Å². The predicted molar refractivity (Wildman–Crippen MR) is 136 cm³/mol. The van der Waals surface area contributed by atoms with E-state index in [-0.39, 0.29) is 12.8 Å². The summed E-state index contributed by atoms with van der Waals surface area (Å²) in [7, 11) is 0. The topological polar surface area (TPSA) is 25.8 Å². The minimum Gasteiger partial charge on any atom is -0.236 e. The molecule has 7 heteroatoms. The zero-order valence-corrected chi connectivity index (χ0v) is 20.7. The molecule has 4 aromatic rings. The standard InChI is InChI=1S/C30H29F5N2/c1-2-3-4-5-6-7-21-18-36-29(37-19-21)24-13-14-25-23(17-24)12-11-22(28(25)32)10-8-20-9-15-26(27(31)16-20)30(33,34)35/h9,11-19H,2-8,10H2,1H3. The quantitative estimate of drug-likeness (QED) is 0.157. The highest BCUT2D eigenvalue weighted by Crippen LogP contribution is 2.32. The van der Waals surface area contributed by atoms with Crippen molar-refractivity contribution in [1.29, 1.82) is 0 Å². The van der Waals surface area contributed by atoms with E-state index in [1.807, 2.05) is 18.5 Å². The fourth-order valence-electron chi connectivity index (χ4n) is 4.46. The summed E-state index contributed by atoms with van der Waals surface area (Å²) >= 11 is 0. The van der Waals surface area contributed by atoms with Crippen LogP contribution in [0.3, 0.4) is 0 Å². The molecule has 3 aromatic carbocycles. The molecule has 1 aromatic heterocycles. The van der Waals surface area contributed by atoms with Gasteiger partial charge in [-0.25, -0.2) is 18.7 Å². The van der Waals surface area contributed by atoms with E-state index < -0.39 is 23.4 Å². The summed E-state index contributed by atoms with van der Waals surface area (Å²) in [6.07, 6.45) is 6.41. The van der Waals surface area contributed by atoms with E-state index in [2.05, 4.69) is 16.9 Å². The van der Waals surface area contributed by atoms with Gasteiger partial charge in [-0.3, -0.25) is 0 Å². The first-order valence-electron chi connectivity index (χ1n) is 12.6. The first kappa shape index (κ1) is 26.7. The molecule has 0 fully saturated rings.